The van der Waals surface area contributed by atoms with Gasteiger partial charge in [0.1, 0.15) is 10.4 Å². The highest BCUT2D eigenvalue weighted by atomic mass is 79.9. The number of pyridine rings is 1. The molecule has 0 N–H and O–H groups in total. The number of imidazole rings is 1. The fourth-order valence-corrected chi connectivity index (χ4v) is 2.22. The number of nitrogens with zero attached hydrogens (tertiary/aromatic N) is 3. The molecule has 2 heterocycles. The number of halogens is 1. The molecular formula is C11H12BrN3. The van der Waals surface area contributed by atoms with Gasteiger partial charge in [0.2, 0.25) is 0 Å². The van der Waals surface area contributed by atoms with E-state index in [1.54, 1.807) is 6.20 Å². The molecule has 0 atom stereocenters. The zero-order chi connectivity index (χ0) is 10.8. The van der Waals surface area contributed by atoms with Crippen LogP contribution in [0.2, 0.25) is 0 Å². The second-order valence-corrected chi connectivity index (χ2v) is 4.42. The highest BCUT2D eigenvalue weighted by molar-refractivity contribution is 9.10. The third-order valence-electron chi connectivity index (χ3n) is 2.19. The summed E-state index contributed by atoms with van der Waals surface area (Å²) in [4.78, 5) is 8.49. The van der Waals surface area contributed by atoms with Gasteiger partial charge in [-0.1, -0.05) is 0 Å². The summed E-state index contributed by atoms with van der Waals surface area (Å²) >= 11 is 3.50. The minimum Gasteiger partial charge on any atom is -0.316 e. The van der Waals surface area contributed by atoms with E-state index in [1.165, 1.54) is 0 Å². The first-order valence-electron chi connectivity index (χ1n) is 4.83. The number of hydrogen-bond donors (Lipinski definition) is 0. The van der Waals surface area contributed by atoms with E-state index in [4.69, 9.17) is 0 Å². The van der Waals surface area contributed by atoms with E-state index >= 15 is 0 Å². The molecule has 0 fully saturated rings. The van der Waals surface area contributed by atoms with Gasteiger partial charge < -0.3 is 4.57 Å². The van der Waals surface area contributed by atoms with E-state index < -0.39 is 0 Å². The molecule has 0 spiro atoms. The van der Waals surface area contributed by atoms with Crippen LogP contribution in [0.3, 0.4) is 0 Å². The zero-order valence-corrected chi connectivity index (χ0v) is 10.3. The molecule has 78 valence electrons. The molecule has 0 unspecified atom stereocenters. The Morgan fingerprint density at radius 1 is 1.33 bits per heavy atom. The maximum absolute atomic E-state index is 4.38. The fraction of sp³-hybridized carbons (Fsp3) is 0.273. The van der Waals surface area contributed by atoms with Crippen LogP contribution < -0.4 is 0 Å². The summed E-state index contributed by atoms with van der Waals surface area (Å²) in [7, 11) is 0. The van der Waals surface area contributed by atoms with Crippen molar-refractivity contribution in [2.45, 2.75) is 19.9 Å². The molecule has 0 saturated carbocycles. The normalized spacial score (nSPS) is 10.9. The SMILES string of the molecule is CC(C)n1c(Br)cnc1-c1cccnc1. The number of aromatic nitrogens is 3. The quantitative estimate of drug-likeness (QED) is 0.835. The zero-order valence-electron chi connectivity index (χ0n) is 8.68. The van der Waals surface area contributed by atoms with Gasteiger partial charge in [0.25, 0.3) is 0 Å². The van der Waals surface area contributed by atoms with Crippen molar-refractivity contribution < 1.29 is 0 Å². The first kappa shape index (κ1) is 10.4. The summed E-state index contributed by atoms with van der Waals surface area (Å²) in [6.45, 7) is 4.26. The van der Waals surface area contributed by atoms with Crippen LogP contribution in [0.15, 0.2) is 35.3 Å². The minimum atomic E-state index is 0.372. The first-order chi connectivity index (χ1) is 7.20. The van der Waals surface area contributed by atoms with Crippen molar-refractivity contribution in [1.82, 2.24) is 14.5 Å². The third kappa shape index (κ3) is 1.95. The summed E-state index contributed by atoms with van der Waals surface area (Å²) < 4.78 is 3.13. The summed E-state index contributed by atoms with van der Waals surface area (Å²) in [6.07, 6.45) is 5.41. The van der Waals surface area contributed by atoms with Crippen LogP contribution in [0, 0.1) is 0 Å². The van der Waals surface area contributed by atoms with Crippen LogP contribution in [0.5, 0.6) is 0 Å². The molecule has 0 amide bonds. The van der Waals surface area contributed by atoms with Crippen molar-refractivity contribution in [3.63, 3.8) is 0 Å². The Hall–Kier alpha value is -1.16. The predicted molar refractivity (Wildman–Crippen MR) is 63.5 cm³/mol. The van der Waals surface area contributed by atoms with E-state index in [2.05, 4.69) is 44.3 Å². The molecule has 2 aromatic rings. The summed E-state index contributed by atoms with van der Waals surface area (Å²) in [6, 6.07) is 4.31. The average Bonchev–Trinajstić information content (AvgIpc) is 2.61. The van der Waals surface area contributed by atoms with Crippen LogP contribution in [-0.4, -0.2) is 14.5 Å². The van der Waals surface area contributed by atoms with Crippen molar-refractivity contribution in [1.29, 1.82) is 0 Å². The first-order valence-corrected chi connectivity index (χ1v) is 5.62. The summed E-state index contributed by atoms with van der Waals surface area (Å²) in [5.74, 6) is 0.949. The molecule has 0 aliphatic carbocycles. The van der Waals surface area contributed by atoms with Gasteiger partial charge in [-0.2, -0.15) is 0 Å². The molecule has 0 aliphatic rings. The molecule has 3 nitrogen and oxygen atoms in total. The monoisotopic (exact) mass is 265 g/mol. The molecule has 0 aliphatic heterocycles. The average molecular weight is 266 g/mol. The van der Waals surface area contributed by atoms with Gasteiger partial charge in [-0.25, -0.2) is 4.98 Å². The molecular weight excluding hydrogens is 254 g/mol. The minimum absolute atomic E-state index is 0.372. The van der Waals surface area contributed by atoms with Gasteiger partial charge >= 0.3 is 0 Å². The van der Waals surface area contributed by atoms with Crippen molar-refractivity contribution >= 4 is 15.9 Å². The lowest BCUT2D eigenvalue weighted by atomic mass is 10.2. The molecule has 0 saturated heterocycles. The van der Waals surface area contributed by atoms with Crippen molar-refractivity contribution in [2.24, 2.45) is 0 Å². The third-order valence-corrected chi connectivity index (χ3v) is 2.77. The van der Waals surface area contributed by atoms with Gasteiger partial charge in [0.05, 0.1) is 6.20 Å². The molecule has 2 rings (SSSR count). The molecule has 0 bridgehead atoms. The van der Waals surface area contributed by atoms with Crippen molar-refractivity contribution in [3.05, 3.63) is 35.3 Å². The van der Waals surface area contributed by atoms with E-state index in [1.807, 2.05) is 24.5 Å². The highest BCUT2D eigenvalue weighted by Crippen LogP contribution is 2.25. The molecule has 4 heteroatoms. The molecule has 15 heavy (non-hydrogen) atoms. The van der Waals surface area contributed by atoms with E-state index in [9.17, 15) is 0 Å². The van der Waals surface area contributed by atoms with Crippen LogP contribution in [-0.2, 0) is 0 Å². The van der Waals surface area contributed by atoms with E-state index in [0.717, 1.165) is 16.0 Å². The van der Waals surface area contributed by atoms with E-state index in [0.29, 0.717) is 6.04 Å². The van der Waals surface area contributed by atoms with Crippen molar-refractivity contribution in [2.75, 3.05) is 0 Å². The van der Waals surface area contributed by atoms with Crippen LogP contribution in [0.4, 0.5) is 0 Å². The van der Waals surface area contributed by atoms with Gasteiger partial charge in [-0.3, -0.25) is 4.98 Å². The fourth-order valence-electron chi connectivity index (χ4n) is 1.54. The Bertz CT molecular complexity index is 448. The lowest BCUT2D eigenvalue weighted by Gasteiger charge is -2.12. The van der Waals surface area contributed by atoms with E-state index in [-0.39, 0.29) is 0 Å². The van der Waals surface area contributed by atoms with Crippen molar-refractivity contribution in [3.8, 4) is 11.4 Å². The maximum Gasteiger partial charge on any atom is 0.142 e. The standard InChI is InChI=1S/C11H12BrN3/c1-8(2)15-10(12)7-14-11(15)9-4-3-5-13-6-9/h3-8H,1-2H3. The largest absolute Gasteiger partial charge is 0.316 e. The Kier molecular flexibility index (Phi) is 2.86. The number of rotatable bonds is 2. The lowest BCUT2D eigenvalue weighted by molar-refractivity contribution is 0.596. The lowest BCUT2D eigenvalue weighted by Crippen LogP contribution is -2.03. The van der Waals surface area contributed by atoms with Gasteiger partial charge in [-0.05, 0) is 41.9 Å². The highest BCUT2D eigenvalue weighted by Gasteiger charge is 2.12. The Labute approximate surface area is 97.3 Å². The van der Waals surface area contributed by atoms with Crippen LogP contribution in [0.1, 0.15) is 19.9 Å². The second-order valence-electron chi connectivity index (χ2n) is 3.61. The number of hydrogen-bond acceptors (Lipinski definition) is 2. The molecule has 0 aromatic carbocycles. The topological polar surface area (TPSA) is 30.7 Å². The second kappa shape index (κ2) is 4.14. The predicted octanol–water partition coefficient (Wildman–Crippen LogP) is 3.29. The maximum atomic E-state index is 4.38. The van der Waals surface area contributed by atoms with Gasteiger partial charge in [0, 0.05) is 24.0 Å². The smallest absolute Gasteiger partial charge is 0.142 e. The Balaban J connectivity index is 2.54. The van der Waals surface area contributed by atoms with Gasteiger partial charge in [0.15, 0.2) is 0 Å². The Morgan fingerprint density at radius 2 is 2.13 bits per heavy atom. The van der Waals surface area contributed by atoms with Crippen LogP contribution in [0.25, 0.3) is 11.4 Å². The summed E-state index contributed by atoms with van der Waals surface area (Å²) in [5, 5.41) is 0. The van der Waals surface area contributed by atoms with Gasteiger partial charge in [-0.15, -0.1) is 0 Å². The Morgan fingerprint density at radius 3 is 2.73 bits per heavy atom. The molecule has 0 radical (unpaired) electrons. The van der Waals surface area contributed by atoms with Crippen LogP contribution >= 0.6 is 15.9 Å². The summed E-state index contributed by atoms with van der Waals surface area (Å²) in [5.41, 5.74) is 1.04. The molecule has 2 aromatic heterocycles.